The Balaban J connectivity index is 1.43. The van der Waals surface area contributed by atoms with Gasteiger partial charge in [-0.15, -0.1) is 11.8 Å². The quantitative estimate of drug-likeness (QED) is 0.742. The van der Waals surface area contributed by atoms with Gasteiger partial charge >= 0.3 is 0 Å². The molecule has 1 saturated carbocycles. The Kier molecular flexibility index (Phi) is 5.94. The molecule has 7 nitrogen and oxygen atoms in total. The number of ether oxygens (including phenoxy) is 1. The number of hydrogen-bond acceptors (Lipinski definition) is 5. The van der Waals surface area contributed by atoms with E-state index in [2.05, 4.69) is 10.6 Å². The van der Waals surface area contributed by atoms with Gasteiger partial charge in [-0.2, -0.15) is 0 Å². The van der Waals surface area contributed by atoms with E-state index in [0.717, 1.165) is 12.8 Å². The van der Waals surface area contributed by atoms with Crippen molar-refractivity contribution in [2.45, 2.75) is 18.9 Å². The maximum atomic E-state index is 13.1. The molecule has 2 aliphatic rings. The van der Waals surface area contributed by atoms with Crippen molar-refractivity contribution >= 4 is 40.9 Å². The summed E-state index contributed by atoms with van der Waals surface area (Å²) in [6, 6.07) is 13.4. The summed E-state index contributed by atoms with van der Waals surface area (Å²) in [5, 5.41) is 5.73. The number of nitrogens with one attached hydrogen (secondary N) is 2. The molecule has 1 aliphatic carbocycles. The third kappa shape index (κ3) is 4.59. The standard InChI is InChI=1S/C22H23N3O4S/c1-29-18-9-7-16(8-10-18)23-21(27)19-12-30-13-25(19)22(28)15-3-2-4-17(11-15)24-20(26)14-5-6-14/h2-4,7-11,14,19H,5-6,12-13H2,1H3,(H,23,27)(H,24,26). The highest BCUT2D eigenvalue weighted by molar-refractivity contribution is 7.99. The summed E-state index contributed by atoms with van der Waals surface area (Å²) < 4.78 is 5.13. The van der Waals surface area contributed by atoms with Crippen molar-refractivity contribution in [2.24, 2.45) is 5.92 Å². The second-order valence-electron chi connectivity index (χ2n) is 7.35. The molecule has 2 fully saturated rings. The number of nitrogens with zero attached hydrogens (tertiary/aromatic N) is 1. The van der Waals surface area contributed by atoms with Gasteiger partial charge in [0.05, 0.1) is 13.0 Å². The first kappa shape index (κ1) is 20.3. The number of amides is 3. The van der Waals surface area contributed by atoms with E-state index in [4.69, 9.17) is 4.74 Å². The van der Waals surface area contributed by atoms with Gasteiger partial charge in [-0.05, 0) is 55.3 Å². The molecule has 3 amide bonds. The summed E-state index contributed by atoms with van der Waals surface area (Å²) in [7, 11) is 1.58. The fourth-order valence-electron chi connectivity index (χ4n) is 3.25. The van der Waals surface area contributed by atoms with Crippen LogP contribution in [-0.4, -0.2) is 47.4 Å². The minimum absolute atomic E-state index is 0.00641. The average molecular weight is 426 g/mol. The van der Waals surface area contributed by atoms with Crippen molar-refractivity contribution in [3.63, 3.8) is 0 Å². The number of anilines is 2. The van der Waals surface area contributed by atoms with Crippen LogP contribution in [-0.2, 0) is 9.59 Å². The molecule has 0 radical (unpaired) electrons. The Morgan fingerprint density at radius 1 is 1.00 bits per heavy atom. The molecule has 4 rings (SSSR count). The lowest BCUT2D eigenvalue weighted by atomic mass is 10.1. The molecular weight excluding hydrogens is 402 g/mol. The first-order chi connectivity index (χ1) is 14.5. The Labute approximate surface area is 179 Å². The summed E-state index contributed by atoms with van der Waals surface area (Å²) in [4.78, 5) is 39.5. The smallest absolute Gasteiger partial charge is 0.255 e. The van der Waals surface area contributed by atoms with E-state index in [9.17, 15) is 14.4 Å². The maximum absolute atomic E-state index is 13.1. The lowest BCUT2D eigenvalue weighted by Crippen LogP contribution is -2.44. The fraction of sp³-hybridized carbons (Fsp3) is 0.318. The summed E-state index contributed by atoms with van der Waals surface area (Å²) in [5.41, 5.74) is 1.70. The van der Waals surface area contributed by atoms with Crippen LogP contribution in [0.3, 0.4) is 0 Å². The highest BCUT2D eigenvalue weighted by Crippen LogP contribution is 2.30. The fourth-order valence-corrected chi connectivity index (χ4v) is 4.40. The Hall–Kier alpha value is -3.00. The third-order valence-corrected chi connectivity index (χ3v) is 6.14. The van der Waals surface area contributed by atoms with Crippen LogP contribution in [0, 0.1) is 5.92 Å². The number of benzene rings is 2. The highest BCUT2D eigenvalue weighted by atomic mass is 32.2. The highest BCUT2D eigenvalue weighted by Gasteiger charge is 2.35. The van der Waals surface area contributed by atoms with E-state index in [1.807, 2.05) is 0 Å². The van der Waals surface area contributed by atoms with Crippen LogP contribution in [0.25, 0.3) is 0 Å². The van der Waals surface area contributed by atoms with Crippen LogP contribution in [0.15, 0.2) is 48.5 Å². The van der Waals surface area contributed by atoms with Crippen LogP contribution in [0.4, 0.5) is 11.4 Å². The van der Waals surface area contributed by atoms with Crippen molar-refractivity contribution in [1.29, 1.82) is 0 Å². The zero-order chi connectivity index (χ0) is 21.1. The second kappa shape index (κ2) is 8.79. The van der Waals surface area contributed by atoms with Crippen LogP contribution in [0.1, 0.15) is 23.2 Å². The summed E-state index contributed by atoms with van der Waals surface area (Å²) in [6.45, 7) is 0. The molecule has 1 heterocycles. The predicted molar refractivity (Wildman–Crippen MR) is 117 cm³/mol. The van der Waals surface area contributed by atoms with E-state index in [1.54, 1.807) is 60.5 Å². The Morgan fingerprint density at radius 3 is 2.43 bits per heavy atom. The molecule has 1 unspecified atom stereocenters. The van der Waals surface area contributed by atoms with E-state index in [0.29, 0.717) is 34.3 Å². The summed E-state index contributed by atoms with van der Waals surface area (Å²) >= 11 is 1.54. The Bertz CT molecular complexity index is 959. The number of carbonyl (C=O) groups excluding carboxylic acids is 3. The number of rotatable bonds is 6. The second-order valence-corrected chi connectivity index (χ2v) is 8.35. The number of methoxy groups -OCH3 is 1. The van der Waals surface area contributed by atoms with Crippen molar-refractivity contribution < 1.29 is 19.1 Å². The molecule has 2 aromatic rings. The van der Waals surface area contributed by atoms with Crippen LogP contribution >= 0.6 is 11.8 Å². The lowest BCUT2D eigenvalue weighted by Gasteiger charge is -2.23. The molecule has 1 saturated heterocycles. The average Bonchev–Trinajstić information content (AvgIpc) is 3.50. The van der Waals surface area contributed by atoms with Crippen LogP contribution in [0.5, 0.6) is 5.75 Å². The minimum Gasteiger partial charge on any atom is -0.497 e. The largest absolute Gasteiger partial charge is 0.497 e. The lowest BCUT2D eigenvalue weighted by molar-refractivity contribution is -0.119. The minimum atomic E-state index is -0.561. The first-order valence-electron chi connectivity index (χ1n) is 9.79. The van der Waals surface area contributed by atoms with Gasteiger partial charge in [0.15, 0.2) is 0 Å². The number of hydrogen-bond donors (Lipinski definition) is 2. The molecule has 1 atom stereocenters. The van der Waals surface area contributed by atoms with Gasteiger partial charge in [0.1, 0.15) is 11.8 Å². The van der Waals surface area contributed by atoms with E-state index >= 15 is 0 Å². The molecule has 0 spiro atoms. The Morgan fingerprint density at radius 2 is 1.73 bits per heavy atom. The monoisotopic (exact) mass is 425 g/mol. The van der Waals surface area contributed by atoms with Crippen LogP contribution in [0.2, 0.25) is 0 Å². The third-order valence-electron chi connectivity index (χ3n) is 5.13. The maximum Gasteiger partial charge on any atom is 0.255 e. The van der Waals surface area contributed by atoms with Gasteiger partial charge in [-0.25, -0.2) is 0 Å². The number of carbonyl (C=O) groups is 3. The topological polar surface area (TPSA) is 87.7 Å². The van der Waals surface area contributed by atoms with E-state index < -0.39 is 6.04 Å². The van der Waals surface area contributed by atoms with Crippen molar-refractivity contribution in [3.05, 3.63) is 54.1 Å². The summed E-state index contributed by atoms with van der Waals surface area (Å²) in [5.74, 6) is 1.31. The normalized spacial score (nSPS) is 18.0. The SMILES string of the molecule is COc1ccc(NC(=O)C2CSCN2C(=O)c2cccc(NC(=O)C3CC3)c2)cc1. The molecule has 0 aromatic heterocycles. The molecule has 156 valence electrons. The molecule has 30 heavy (non-hydrogen) atoms. The van der Waals surface area contributed by atoms with Crippen molar-refractivity contribution in [2.75, 3.05) is 29.4 Å². The van der Waals surface area contributed by atoms with Gasteiger partial charge in [0.2, 0.25) is 11.8 Å². The number of thioether (sulfide) groups is 1. The molecule has 2 N–H and O–H groups in total. The summed E-state index contributed by atoms with van der Waals surface area (Å²) in [6.07, 6.45) is 1.83. The van der Waals surface area contributed by atoms with E-state index in [-0.39, 0.29) is 23.6 Å². The zero-order valence-corrected chi connectivity index (χ0v) is 17.4. The molecule has 2 aromatic carbocycles. The van der Waals surface area contributed by atoms with Gasteiger partial charge in [-0.1, -0.05) is 6.07 Å². The molecule has 1 aliphatic heterocycles. The predicted octanol–water partition coefficient (Wildman–Crippen LogP) is 3.20. The van der Waals surface area contributed by atoms with Crippen molar-refractivity contribution in [1.82, 2.24) is 4.90 Å². The molecule has 8 heteroatoms. The van der Waals surface area contributed by atoms with Crippen LogP contribution < -0.4 is 15.4 Å². The van der Waals surface area contributed by atoms with Crippen molar-refractivity contribution in [3.8, 4) is 5.75 Å². The van der Waals surface area contributed by atoms with E-state index in [1.165, 1.54) is 11.8 Å². The molecule has 0 bridgehead atoms. The zero-order valence-electron chi connectivity index (χ0n) is 16.6. The molecular formula is C22H23N3O4S. The van der Waals surface area contributed by atoms with Gasteiger partial charge < -0.3 is 20.3 Å². The van der Waals surface area contributed by atoms with Gasteiger partial charge in [0, 0.05) is 28.6 Å². The van der Waals surface area contributed by atoms with Gasteiger partial charge in [-0.3, -0.25) is 14.4 Å². The first-order valence-corrected chi connectivity index (χ1v) is 10.9. The van der Waals surface area contributed by atoms with Gasteiger partial charge in [0.25, 0.3) is 5.91 Å².